The SMILES string of the molecule is CCCC(OCC)C(O)c1ccccc1OC(F)(F)F. The summed E-state index contributed by atoms with van der Waals surface area (Å²) in [5.74, 6) is -0.395. The zero-order valence-electron chi connectivity index (χ0n) is 11.5. The molecule has 1 rings (SSSR count). The lowest BCUT2D eigenvalue weighted by atomic mass is 10.00. The Morgan fingerprint density at radius 3 is 2.40 bits per heavy atom. The van der Waals surface area contributed by atoms with Crippen LogP contribution in [0.4, 0.5) is 13.2 Å². The third-order valence-corrected chi connectivity index (χ3v) is 2.77. The highest BCUT2D eigenvalue weighted by atomic mass is 19.4. The molecule has 0 amide bonds. The van der Waals surface area contributed by atoms with E-state index in [0.717, 1.165) is 6.42 Å². The molecule has 1 aromatic carbocycles. The Morgan fingerprint density at radius 2 is 1.85 bits per heavy atom. The van der Waals surface area contributed by atoms with Gasteiger partial charge in [0.1, 0.15) is 11.9 Å². The lowest BCUT2D eigenvalue weighted by Gasteiger charge is -2.24. The minimum atomic E-state index is -4.79. The number of benzene rings is 1. The average Bonchev–Trinajstić information content (AvgIpc) is 2.36. The van der Waals surface area contributed by atoms with Crippen LogP contribution in [0.5, 0.6) is 5.75 Å². The van der Waals surface area contributed by atoms with E-state index in [2.05, 4.69) is 4.74 Å². The Bertz CT molecular complexity index is 401. The maximum absolute atomic E-state index is 12.3. The van der Waals surface area contributed by atoms with Crippen molar-refractivity contribution in [1.29, 1.82) is 0 Å². The second-order valence-corrected chi connectivity index (χ2v) is 4.31. The Kier molecular flexibility index (Phi) is 6.29. The Balaban J connectivity index is 2.98. The molecule has 0 radical (unpaired) electrons. The summed E-state index contributed by atoms with van der Waals surface area (Å²) in [5.41, 5.74) is 0.0803. The standard InChI is InChI=1S/C14H19F3O3/c1-3-7-12(19-4-2)13(18)10-8-5-6-9-11(10)20-14(15,16)17/h5-6,8-9,12-13,18H,3-4,7H2,1-2H3. The van der Waals surface area contributed by atoms with Gasteiger partial charge in [0.25, 0.3) is 0 Å². The van der Waals surface area contributed by atoms with Crippen molar-refractivity contribution in [2.45, 2.75) is 45.3 Å². The third-order valence-electron chi connectivity index (χ3n) is 2.77. The summed E-state index contributed by atoms with van der Waals surface area (Å²) in [7, 11) is 0. The lowest BCUT2D eigenvalue weighted by molar-refractivity contribution is -0.275. The number of hydrogen-bond donors (Lipinski definition) is 1. The molecule has 1 aromatic rings. The van der Waals surface area contributed by atoms with Crippen LogP contribution in [0.15, 0.2) is 24.3 Å². The molecule has 0 saturated heterocycles. The molecule has 0 bridgehead atoms. The molecule has 0 spiro atoms. The summed E-state index contributed by atoms with van der Waals surface area (Å²) in [6.07, 6.45) is -5.20. The van der Waals surface area contributed by atoms with Crippen LogP contribution in [0.1, 0.15) is 38.4 Å². The number of hydrogen-bond acceptors (Lipinski definition) is 3. The first kappa shape index (κ1) is 16.8. The molecule has 0 aliphatic heterocycles. The van der Waals surface area contributed by atoms with Gasteiger partial charge < -0.3 is 14.6 Å². The predicted octanol–water partition coefficient (Wildman–Crippen LogP) is 3.82. The van der Waals surface area contributed by atoms with Crippen LogP contribution >= 0.6 is 0 Å². The van der Waals surface area contributed by atoms with Gasteiger partial charge in [-0.05, 0) is 19.4 Å². The van der Waals surface area contributed by atoms with Crippen LogP contribution < -0.4 is 4.74 Å². The van der Waals surface area contributed by atoms with Gasteiger partial charge in [-0.25, -0.2) is 0 Å². The summed E-state index contributed by atoms with van der Waals surface area (Å²) >= 11 is 0. The highest BCUT2D eigenvalue weighted by Crippen LogP contribution is 2.33. The van der Waals surface area contributed by atoms with E-state index in [0.29, 0.717) is 13.0 Å². The van der Waals surface area contributed by atoms with Crippen molar-refractivity contribution in [1.82, 2.24) is 0 Å². The van der Waals surface area contributed by atoms with Crippen molar-refractivity contribution in [3.8, 4) is 5.75 Å². The van der Waals surface area contributed by atoms with Gasteiger partial charge >= 0.3 is 6.36 Å². The Labute approximate surface area is 116 Å². The third kappa shape index (κ3) is 5.02. The molecule has 6 heteroatoms. The van der Waals surface area contributed by atoms with Crippen molar-refractivity contribution in [3.63, 3.8) is 0 Å². The van der Waals surface area contributed by atoms with E-state index in [1.165, 1.54) is 18.2 Å². The Hall–Kier alpha value is -1.27. The molecule has 2 atom stereocenters. The smallest absolute Gasteiger partial charge is 0.405 e. The van der Waals surface area contributed by atoms with Crippen molar-refractivity contribution in [2.24, 2.45) is 0 Å². The van der Waals surface area contributed by atoms with Crippen molar-refractivity contribution in [3.05, 3.63) is 29.8 Å². The lowest BCUT2D eigenvalue weighted by Crippen LogP contribution is -2.24. The number of aliphatic hydroxyl groups excluding tert-OH is 1. The van der Waals surface area contributed by atoms with Crippen molar-refractivity contribution >= 4 is 0 Å². The molecule has 20 heavy (non-hydrogen) atoms. The van der Waals surface area contributed by atoms with Crippen molar-refractivity contribution < 1.29 is 27.8 Å². The fourth-order valence-electron chi connectivity index (χ4n) is 1.97. The van der Waals surface area contributed by atoms with Crippen LogP contribution in [0, 0.1) is 0 Å². The minimum Gasteiger partial charge on any atom is -0.405 e. The highest BCUT2D eigenvalue weighted by Gasteiger charge is 2.33. The van der Waals surface area contributed by atoms with E-state index in [1.807, 2.05) is 6.92 Å². The molecule has 0 fully saturated rings. The van der Waals surface area contributed by atoms with E-state index in [9.17, 15) is 18.3 Å². The average molecular weight is 292 g/mol. The van der Waals surface area contributed by atoms with E-state index in [1.54, 1.807) is 13.0 Å². The van der Waals surface area contributed by atoms with Crippen LogP contribution in [0.3, 0.4) is 0 Å². The molecule has 0 aromatic heterocycles. The second kappa shape index (κ2) is 7.50. The molecular weight excluding hydrogens is 273 g/mol. The quantitative estimate of drug-likeness (QED) is 0.830. The van der Waals surface area contributed by atoms with E-state index >= 15 is 0 Å². The van der Waals surface area contributed by atoms with Gasteiger partial charge in [0.15, 0.2) is 0 Å². The molecule has 1 N–H and O–H groups in total. The zero-order chi connectivity index (χ0) is 15.2. The van der Waals surface area contributed by atoms with Crippen molar-refractivity contribution in [2.75, 3.05) is 6.61 Å². The summed E-state index contributed by atoms with van der Waals surface area (Å²) in [6, 6.07) is 5.57. The first-order chi connectivity index (χ1) is 9.39. The molecule has 0 aliphatic rings. The first-order valence-corrected chi connectivity index (χ1v) is 6.53. The van der Waals surface area contributed by atoms with Gasteiger partial charge in [0, 0.05) is 12.2 Å². The first-order valence-electron chi connectivity index (χ1n) is 6.53. The zero-order valence-corrected chi connectivity index (χ0v) is 11.5. The predicted molar refractivity (Wildman–Crippen MR) is 68.4 cm³/mol. The molecule has 114 valence electrons. The number of para-hydroxylation sites is 1. The van der Waals surface area contributed by atoms with E-state index in [4.69, 9.17) is 4.74 Å². The fourth-order valence-corrected chi connectivity index (χ4v) is 1.97. The summed E-state index contributed by atoms with van der Waals surface area (Å²) in [5, 5.41) is 10.2. The number of alkyl halides is 3. The van der Waals surface area contributed by atoms with Crippen LogP contribution in [0.2, 0.25) is 0 Å². The number of aliphatic hydroxyl groups is 1. The monoisotopic (exact) mass is 292 g/mol. The number of rotatable bonds is 7. The van der Waals surface area contributed by atoms with Crippen LogP contribution in [-0.4, -0.2) is 24.2 Å². The minimum absolute atomic E-state index is 0.0803. The van der Waals surface area contributed by atoms with Gasteiger partial charge in [0.05, 0.1) is 6.10 Å². The van der Waals surface area contributed by atoms with Crippen LogP contribution in [-0.2, 0) is 4.74 Å². The Morgan fingerprint density at radius 1 is 1.20 bits per heavy atom. The topological polar surface area (TPSA) is 38.7 Å². The molecule has 0 saturated carbocycles. The van der Waals surface area contributed by atoms with Gasteiger partial charge in [-0.1, -0.05) is 31.5 Å². The summed E-state index contributed by atoms with van der Waals surface area (Å²) in [4.78, 5) is 0. The van der Waals surface area contributed by atoms with Gasteiger partial charge in [-0.15, -0.1) is 13.2 Å². The van der Waals surface area contributed by atoms with E-state index < -0.39 is 24.3 Å². The summed E-state index contributed by atoms with van der Waals surface area (Å²) < 4.78 is 46.4. The largest absolute Gasteiger partial charge is 0.573 e. The molecule has 0 heterocycles. The number of halogens is 3. The van der Waals surface area contributed by atoms with Gasteiger partial charge in [-0.2, -0.15) is 0 Å². The maximum atomic E-state index is 12.3. The molecule has 0 aliphatic carbocycles. The van der Waals surface area contributed by atoms with Crippen LogP contribution in [0.25, 0.3) is 0 Å². The summed E-state index contributed by atoms with van der Waals surface area (Å²) in [6.45, 7) is 4.06. The molecule has 3 nitrogen and oxygen atoms in total. The maximum Gasteiger partial charge on any atom is 0.573 e. The van der Waals surface area contributed by atoms with Gasteiger partial charge in [0.2, 0.25) is 0 Å². The molecule has 2 unspecified atom stereocenters. The fraction of sp³-hybridized carbons (Fsp3) is 0.571. The van der Waals surface area contributed by atoms with Gasteiger partial charge in [-0.3, -0.25) is 0 Å². The highest BCUT2D eigenvalue weighted by molar-refractivity contribution is 5.35. The normalized spacial score (nSPS) is 14.9. The number of ether oxygens (including phenoxy) is 2. The molecular formula is C14H19F3O3. The second-order valence-electron chi connectivity index (χ2n) is 4.31. The van der Waals surface area contributed by atoms with E-state index in [-0.39, 0.29) is 5.56 Å².